The molecule has 1 aromatic carbocycles. The molecule has 0 radical (unpaired) electrons. The van der Waals surface area contributed by atoms with Crippen LogP contribution >= 0.6 is 23.2 Å². The van der Waals surface area contributed by atoms with Crippen LogP contribution < -0.4 is 5.32 Å². The second kappa shape index (κ2) is 7.00. The van der Waals surface area contributed by atoms with Crippen LogP contribution in [-0.2, 0) is 19.1 Å². The van der Waals surface area contributed by atoms with Crippen LogP contribution in [0.5, 0.6) is 0 Å². The lowest BCUT2D eigenvalue weighted by molar-refractivity contribution is -0.187. The van der Waals surface area contributed by atoms with E-state index in [1.54, 1.807) is 18.2 Å². The predicted molar refractivity (Wildman–Crippen MR) is 97.1 cm³/mol. The zero-order chi connectivity index (χ0) is 18.3. The molecule has 2 atom stereocenters. The quantitative estimate of drug-likeness (QED) is 0.849. The lowest BCUT2D eigenvalue weighted by Gasteiger charge is -2.37. The number of ether oxygens (including phenoxy) is 2. The Kier molecular flexibility index (Phi) is 4.86. The molecule has 6 nitrogen and oxygen atoms in total. The zero-order valence-corrected chi connectivity index (χ0v) is 15.7. The first-order chi connectivity index (χ1) is 12.5. The highest BCUT2D eigenvalue weighted by Gasteiger charge is 2.51. The third-order valence-corrected chi connectivity index (χ3v) is 6.12. The third kappa shape index (κ3) is 3.43. The van der Waals surface area contributed by atoms with Crippen molar-refractivity contribution < 1.29 is 19.1 Å². The van der Waals surface area contributed by atoms with Gasteiger partial charge >= 0.3 is 0 Å². The van der Waals surface area contributed by atoms with Crippen LogP contribution in [0.2, 0.25) is 10.0 Å². The maximum absolute atomic E-state index is 12.7. The molecule has 2 saturated heterocycles. The normalized spacial score (nSPS) is 26.8. The van der Waals surface area contributed by atoms with Crippen molar-refractivity contribution in [2.45, 2.75) is 25.0 Å². The van der Waals surface area contributed by atoms with E-state index in [0.717, 1.165) is 0 Å². The summed E-state index contributed by atoms with van der Waals surface area (Å²) in [4.78, 5) is 26.9. The van der Waals surface area contributed by atoms with Crippen LogP contribution in [0.25, 0.3) is 0 Å². The molecule has 1 spiro atoms. The molecule has 4 rings (SSSR count). The molecule has 1 aliphatic carbocycles. The average molecular weight is 399 g/mol. The SMILES string of the molecule is O=C(Nc1cccc(Cl)c1Cl)C1CC1C(=O)N1CCC2(CC1)OCCO2. The Morgan fingerprint density at radius 1 is 1.12 bits per heavy atom. The number of piperidine rings is 1. The van der Waals surface area contributed by atoms with E-state index in [4.69, 9.17) is 32.7 Å². The lowest BCUT2D eigenvalue weighted by atomic mass is 10.0. The summed E-state index contributed by atoms with van der Waals surface area (Å²) in [5.41, 5.74) is 0.470. The fraction of sp³-hybridized carbons (Fsp3) is 0.556. The van der Waals surface area contributed by atoms with Crippen LogP contribution in [0.1, 0.15) is 19.3 Å². The van der Waals surface area contributed by atoms with Gasteiger partial charge in [-0.05, 0) is 18.6 Å². The van der Waals surface area contributed by atoms with Gasteiger partial charge in [0.05, 0.1) is 40.8 Å². The molecule has 3 fully saturated rings. The monoisotopic (exact) mass is 398 g/mol. The van der Waals surface area contributed by atoms with Gasteiger partial charge in [-0.25, -0.2) is 0 Å². The number of amides is 2. The standard InChI is InChI=1S/C18H20Cl2N2O4/c19-13-2-1-3-14(15(13)20)21-16(23)11-10-12(11)17(24)22-6-4-18(5-7-22)25-8-9-26-18/h1-3,11-12H,4-10H2,(H,21,23). The largest absolute Gasteiger partial charge is 0.347 e. The van der Waals surface area contributed by atoms with E-state index in [0.29, 0.717) is 61.3 Å². The summed E-state index contributed by atoms with van der Waals surface area (Å²) in [5.74, 6) is -1.22. The van der Waals surface area contributed by atoms with E-state index < -0.39 is 5.79 Å². The number of benzene rings is 1. The Morgan fingerprint density at radius 2 is 1.81 bits per heavy atom. The molecular weight excluding hydrogens is 379 g/mol. The van der Waals surface area contributed by atoms with Crippen LogP contribution in [0.15, 0.2) is 18.2 Å². The molecule has 3 aliphatic rings. The number of nitrogens with one attached hydrogen (secondary N) is 1. The Morgan fingerprint density at radius 3 is 2.50 bits per heavy atom. The van der Waals surface area contributed by atoms with Crippen LogP contribution in [-0.4, -0.2) is 48.8 Å². The van der Waals surface area contributed by atoms with E-state index in [9.17, 15) is 9.59 Å². The first-order valence-electron chi connectivity index (χ1n) is 8.81. The van der Waals surface area contributed by atoms with E-state index in [2.05, 4.69) is 5.32 Å². The summed E-state index contributed by atoms with van der Waals surface area (Å²) in [7, 11) is 0. The molecule has 140 valence electrons. The van der Waals surface area contributed by atoms with Crippen molar-refractivity contribution in [2.24, 2.45) is 11.8 Å². The minimum Gasteiger partial charge on any atom is -0.347 e. The summed E-state index contributed by atoms with van der Waals surface area (Å²) in [6.07, 6.45) is 1.93. The van der Waals surface area contributed by atoms with E-state index >= 15 is 0 Å². The minimum absolute atomic E-state index is 0.0372. The Bertz CT molecular complexity index is 726. The first-order valence-corrected chi connectivity index (χ1v) is 9.56. The average Bonchev–Trinajstić information content (AvgIpc) is 3.33. The fourth-order valence-electron chi connectivity index (χ4n) is 3.67. The number of carbonyl (C=O) groups excluding carboxylic acids is 2. The molecule has 1 saturated carbocycles. The van der Waals surface area contributed by atoms with Crippen molar-refractivity contribution in [3.05, 3.63) is 28.2 Å². The Hall–Kier alpha value is -1.34. The van der Waals surface area contributed by atoms with Gasteiger partial charge in [-0.15, -0.1) is 0 Å². The van der Waals surface area contributed by atoms with Crippen molar-refractivity contribution in [1.82, 2.24) is 4.90 Å². The lowest BCUT2D eigenvalue weighted by Crippen LogP contribution is -2.48. The number of rotatable bonds is 3. The maximum atomic E-state index is 12.7. The summed E-state index contributed by atoms with van der Waals surface area (Å²) < 4.78 is 11.4. The highest BCUT2D eigenvalue weighted by atomic mass is 35.5. The molecule has 2 aliphatic heterocycles. The van der Waals surface area contributed by atoms with Crippen LogP contribution in [0, 0.1) is 11.8 Å². The Balaban J connectivity index is 1.31. The van der Waals surface area contributed by atoms with Gasteiger partial charge in [0.25, 0.3) is 0 Å². The van der Waals surface area contributed by atoms with Gasteiger partial charge in [0.1, 0.15) is 0 Å². The van der Waals surface area contributed by atoms with Gasteiger partial charge in [0, 0.05) is 25.9 Å². The molecule has 1 aromatic rings. The van der Waals surface area contributed by atoms with E-state index in [1.807, 2.05) is 4.90 Å². The first kappa shape index (κ1) is 18.0. The third-order valence-electron chi connectivity index (χ3n) is 5.30. The zero-order valence-electron chi connectivity index (χ0n) is 14.2. The number of carbonyl (C=O) groups is 2. The van der Waals surface area contributed by atoms with Gasteiger partial charge in [-0.3, -0.25) is 9.59 Å². The van der Waals surface area contributed by atoms with Crippen molar-refractivity contribution in [2.75, 3.05) is 31.6 Å². The molecule has 2 amide bonds. The number of anilines is 1. The summed E-state index contributed by atoms with van der Waals surface area (Å²) in [5, 5.41) is 3.46. The topological polar surface area (TPSA) is 67.9 Å². The highest BCUT2D eigenvalue weighted by Crippen LogP contribution is 2.43. The molecule has 2 unspecified atom stereocenters. The maximum Gasteiger partial charge on any atom is 0.228 e. The molecule has 26 heavy (non-hydrogen) atoms. The van der Waals surface area contributed by atoms with Gasteiger partial charge in [0.2, 0.25) is 11.8 Å². The smallest absolute Gasteiger partial charge is 0.228 e. The van der Waals surface area contributed by atoms with Crippen molar-refractivity contribution in [3.8, 4) is 0 Å². The Labute approximate surface area is 161 Å². The number of likely N-dealkylation sites (tertiary alicyclic amines) is 1. The van der Waals surface area contributed by atoms with Crippen LogP contribution in [0.4, 0.5) is 5.69 Å². The van der Waals surface area contributed by atoms with Crippen molar-refractivity contribution in [3.63, 3.8) is 0 Å². The van der Waals surface area contributed by atoms with Gasteiger partial charge in [0.15, 0.2) is 5.79 Å². The number of hydrogen-bond acceptors (Lipinski definition) is 4. The van der Waals surface area contributed by atoms with Crippen molar-refractivity contribution >= 4 is 40.7 Å². The number of nitrogens with zero attached hydrogens (tertiary/aromatic N) is 1. The van der Waals surface area contributed by atoms with Crippen molar-refractivity contribution in [1.29, 1.82) is 0 Å². The highest BCUT2D eigenvalue weighted by molar-refractivity contribution is 6.44. The minimum atomic E-state index is -0.500. The second-order valence-electron chi connectivity index (χ2n) is 6.97. The molecule has 2 heterocycles. The summed E-state index contributed by atoms with van der Waals surface area (Å²) in [6.45, 7) is 2.43. The second-order valence-corrected chi connectivity index (χ2v) is 7.76. The van der Waals surface area contributed by atoms with E-state index in [-0.39, 0.29) is 23.7 Å². The molecular formula is C18H20Cl2N2O4. The number of hydrogen-bond donors (Lipinski definition) is 1. The summed E-state index contributed by atoms with van der Waals surface area (Å²) >= 11 is 12.1. The predicted octanol–water partition coefficient (Wildman–Crippen LogP) is 2.93. The van der Waals surface area contributed by atoms with Gasteiger partial charge in [-0.1, -0.05) is 29.3 Å². The van der Waals surface area contributed by atoms with E-state index in [1.165, 1.54) is 0 Å². The molecule has 1 N–H and O–H groups in total. The van der Waals surface area contributed by atoms with Crippen LogP contribution in [0.3, 0.4) is 0 Å². The number of halogens is 2. The van der Waals surface area contributed by atoms with Gasteiger partial charge < -0.3 is 19.7 Å². The molecule has 0 aromatic heterocycles. The fourth-order valence-corrected chi connectivity index (χ4v) is 4.02. The summed E-state index contributed by atoms with van der Waals surface area (Å²) in [6, 6.07) is 5.07. The van der Waals surface area contributed by atoms with Gasteiger partial charge in [-0.2, -0.15) is 0 Å². The molecule has 8 heteroatoms. The molecule has 0 bridgehead atoms.